The van der Waals surface area contributed by atoms with E-state index in [1.165, 1.54) is 0 Å². The van der Waals surface area contributed by atoms with E-state index in [4.69, 9.17) is 14.2 Å². The van der Waals surface area contributed by atoms with Crippen molar-refractivity contribution in [2.24, 2.45) is 0 Å². The van der Waals surface area contributed by atoms with Crippen LogP contribution in [0.1, 0.15) is 11.1 Å². The van der Waals surface area contributed by atoms with Crippen LogP contribution in [0.5, 0.6) is 17.2 Å². The van der Waals surface area contributed by atoms with Gasteiger partial charge in [-0.15, -0.1) is 0 Å². The first-order valence-electron chi connectivity index (χ1n) is 10.5. The molecule has 0 heterocycles. The fourth-order valence-corrected chi connectivity index (χ4v) is 3.55. The minimum atomic E-state index is 0.453. The first-order valence-corrected chi connectivity index (χ1v) is 10.5. The maximum Gasteiger partial charge on any atom is 0.298 e. The van der Waals surface area contributed by atoms with E-state index in [9.17, 15) is 4.79 Å². The van der Waals surface area contributed by atoms with E-state index in [1.54, 1.807) is 14.2 Å². The van der Waals surface area contributed by atoms with Gasteiger partial charge in [0.05, 0.1) is 14.2 Å². The topological polar surface area (TPSA) is 44.8 Å². The number of benzene rings is 4. The third-order valence-corrected chi connectivity index (χ3v) is 5.40. The van der Waals surface area contributed by atoms with Gasteiger partial charge < -0.3 is 14.2 Å². The molecule has 164 valence electrons. The third-order valence-electron chi connectivity index (χ3n) is 5.40. The Bertz CT molecular complexity index is 1240. The van der Waals surface area contributed by atoms with Crippen molar-refractivity contribution in [3.05, 3.63) is 102 Å². The number of carbonyl (C=O) groups is 1. The van der Waals surface area contributed by atoms with Gasteiger partial charge in [0.15, 0.2) is 0 Å². The van der Waals surface area contributed by atoms with E-state index in [2.05, 4.69) is 24.3 Å². The lowest BCUT2D eigenvalue weighted by atomic mass is 10.0. The molecule has 0 atom stereocenters. The summed E-state index contributed by atoms with van der Waals surface area (Å²) in [5.74, 6) is 2.13. The summed E-state index contributed by atoms with van der Waals surface area (Å²) in [6.07, 6.45) is 3.94. The zero-order valence-electron chi connectivity index (χ0n) is 18.5. The van der Waals surface area contributed by atoms with Crippen molar-refractivity contribution in [3.8, 4) is 39.5 Å². The first kappa shape index (κ1) is 21.9. The molecule has 0 fully saturated rings. The van der Waals surface area contributed by atoms with Gasteiger partial charge in [-0.2, -0.15) is 0 Å². The van der Waals surface area contributed by atoms with Crippen molar-refractivity contribution < 1.29 is 19.0 Å². The molecule has 0 aliphatic carbocycles. The van der Waals surface area contributed by atoms with Crippen LogP contribution in [0.15, 0.2) is 91.0 Å². The fourth-order valence-electron chi connectivity index (χ4n) is 3.55. The molecule has 4 heteroatoms. The zero-order valence-corrected chi connectivity index (χ0v) is 18.5. The Labute approximate surface area is 193 Å². The second-order valence-electron chi connectivity index (χ2n) is 7.38. The van der Waals surface area contributed by atoms with E-state index in [0.717, 1.165) is 44.9 Å². The molecule has 0 amide bonds. The molecule has 0 aliphatic heterocycles. The Kier molecular flexibility index (Phi) is 6.86. The lowest BCUT2D eigenvalue weighted by molar-refractivity contribution is -0.120. The fraction of sp³-hybridized carbons (Fsp3) is 0.0690. The summed E-state index contributed by atoms with van der Waals surface area (Å²) < 4.78 is 15.7. The second-order valence-corrected chi connectivity index (χ2v) is 7.38. The predicted octanol–water partition coefficient (Wildman–Crippen LogP) is 6.74. The van der Waals surface area contributed by atoms with Crippen molar-refractivity contribution in [2.75, 3.05) is 14.2 Å². The van der Waals surface area contributed by atoms with Gasteiger partial charge in [-0.3, -0.25) is 4.79 Å². The lowest BCUT2D eigenvalue weighted by Crippen LogP contribution is -1.92. The maximum absolute atomic E-state index is 11.1. The number of carbonyl (C=O) groups excluding carboxylic acids is 1. The third kappa shape index (κ3) is 5.31. The van der Waals surface area contributed by atoms with Crippen molar-refractivity contribution in [1.29, 1.82) is 0 Å². The molecular formula is C29H24O4. The number of hydrogen-bond acceptors (Lipinski definition) is 4. The molecule has 0 saturated carbocycles. The van der Waals surface area contributed by atoms with Gasteiger partial charge in [-0.1, -0.05) is 72.8 Å². The van der Waals surface area contributed by atoms with Crippen molar-refractivity contribution in [2.45, 2.75) is 0 Å². The van der Waals surface area contributed by atoms with E-state index in [1.807, 2.05) is 78.9 Å². The smallest absolute Gasteiger partial charge is 0.298 e. The zero-order chi connectivity index (χ0) is 23.0. The average molecular weight is 437 g/mol. The Morgan fingerprint density at radius 2 is 1.06 bits per heavy atom. The average Bonchev–Trinajstić information content (AvgIpc) is 2.88. The molecule has 4 aromatic carbocycles. The highest BCUT2D eigenvalue weighted by atomic mass is 16.5. The molecule has 0 saturated heterocycles. The summed E-state index contributed by atoms with van der Waals surface area (Å²) in [6, 6.07) is 29.8. The SMILES string of the molecule is COc1ccc(-c2ccc(/C=C/c3ccc(-c4ccc(OC)cc4)cc3OC=O)cc2)cc1. The van der Waals surface area contributed by atoms with Gasteiger partial charge in [0.1, 0.15) is 17.2 Å². The Morgan fingerprint density at radius 3 is 1.58 bits per heavy atom. The van der Waals surface area contributed by atoms with Crippen LogP contribution in [-0.2, 0) is 4.79 Å². The molecule has 0 aliphatic rings. The van der Waals surface area contributed by atoms with Gasteiger partial charge in [0.2, 0.25) is 0 Å². The van der Waals surface area contributed by atoms with Gasteiger partial charge in [-0.25, -0.2) is 0 Å². The Hall–Kier alpha value is -4.31. The minimum Gasteiger partial charge on any atom is -0.497 e. The quantitative estimate of drug-likeness (QED) is 0.227. The molecule has 0 radical (unpaired) electrons. The van der Waals surface area contributed by atoms with E-state index in [0.29, 0.717) is 12.2 Å². The van der Waals surface area contributed by atoms with Gasteiger partial charge in [0.25, 0.3) is 6.47 Å². The second kappa shape index (κ2) is 10.3. The first-order chi connectivity index (χ1) is 16.2. The molecule has 4 aromatic rings. The van der Waals surface area contributed by atoms with Crippen LogP contribution in [0.3, 0.4) is 0 Å². The van der Waals surface area contributed by atoms with Crippen molar-refractivity contribution in [3.63, 3.8) is 0 Å². The molecule has 4 nitrogen and oxygen atoms in total. The van der Waals surface area contributed by atoms with Crippen LogP contribution in [0.4, 0.5) is 0 Å². The maximum atomic E-state index is 11.1. The summed E-state index contributed by atoms with van der Waals surface area (Å²) in [5, 5.41) is 0. The number of rotatable bonds is 8. The number of hydrogen-bond donors (Lipinski definition) is 0. The minimum absolute atomic E-state index is 0.453. The Morgan fingerprint density at radius 1 is 0.576 bits per heavy atom. The van der Waals surface area contributed by atoms with Crippen LogP contribution in [-0.4, -0.2) is 20.7 Å². The summed E-state index contributed by atoms with van der Waals surface area (Å²) in [7, 11) is 3.30. The Balaban J connectivity index is 1.54. The number of methoxy groups -OCH3 is 2. The van der Waals surface area contributed by atoms with Gasteiger partial charge in [-0.05, 0) is 58.1 Å². The summed E-state index contributed by atoms with van der Waals surface area (Å²) >= 11 is 0. The molecular weight excluding hydrogens is 412 g/mol. The normalized spacial score (nSPS) is 10.7. The van der Waals surface area contributed by atoms with E-state index < -0.39 is 0 Å². The monoisotopic (exact) mass is 436 g/mol. The van der Waals surface area contributed by atoms with Crippen molar-refractivity contribution >= 4 is 18.6 Å². The van der Waals surface area contributed by atoms with E-state index in [-0.39, 0.29) is 0 Å². The lowest BCUT2D eigenvalue weighted by Gasteiger charge is -2.09. The highest BCUT2D eigenvalue weighted by molar-refractivity contribution is 5.78. The standard InChI is InChI=1S/C29H24O4/c1-31-27-15-11-23(12-16-27)22-6-3-21(4-7-22)5-8-25-9-10-26(19-29(25)33-20-30)24-13-17-28(32-2)18-14-24/h3-20H,1-2H3/b8-5+. The molecule has 4 rings (SSSR count). The molecule has 0 unspecified atom stereocenters. The molecule has 0 bridgehead atoms. The summed E-state index contributed by atoms with van der Waals surface area (Å²) in [5.41, 5.74) is 6.08. The molecule has 0 N–H and O–H groups in total. The predicted molar refractivity (Wildman–Crippen MR) is 132 cm³/mol. The highest BCUT2D eigenvalue weighted by Crippen LogP contribution is 2.30. The molecule has 0 spiro atoms. The summed E-state index contributed by atoms with van der Waals surface area (Å²) in [6.45, 7) is 0.453. The van der Waals surface area contributed by atoms with Crippen LogP contribution in [0.2, 0.25) is 0 Å². The van der Waals surface area contributed by atoms with Crippen molar-refractivity contribution in [1.82, 2.24) is 0 Å². The number of ether oxygens (including phenoxy) is 3. The molecule has 33 heavy (non-hydrogen) atoms. The van der Waals surface area contributed by atoms with E-state index >= 15 is 0 Å². The van der Waals surface area contributed by atoms with Crippen LogP contribution >= 0.6 is 0 Å². The largest absolute Gasteiger partial charge is 0.497 e. The van der Waals surface area contributed by atoms with Crippen LogP contribution in [0, 0.1) is 0 Å². The van der Waals surface area contributed by atoms with Gasteiger partial charge >= 0.3 is 0 Å². The van der Waals surface area contributed by atoms with Crippen LogP contribution < -0.4 is 14.2 Å². The highest BCUT2D eigenvalue weighted by Gasteiger charge is 2.06. The summed E-state index contributed by atoms with van der Waals surface area (Å²) in [4.78, 5) is 11.1. The van der Waals surface area contributed by atoms with Crippen LogP contribution in [0.25, 0.3) is 34.4 Å². The molecule has 0 aromatic heterocycles. The van der Waals surface area contributed by atoms with Gasteiger partial charge in [0, 0.05) is 5.56 Å².